The molecule has 6 heteroatoms. The van der Waals surface area contributed by atoms with Crippen LogP contribution in [0.25, 0.3) is 10.6 Å². The van der Waals surface area contributed by atoms with Crippen molar-refractivity contribution in [1.29, 1.82) is 0 Å². The molecule has 3 heterocycles. The summed E-state index contributed by atoms with van der Waals surface area (Å²) in [7, 11) is 0. The second-order valence-electron chi connectivity index (χ2n) is 5.26. The number of nitrogens with zero attached hydrogens (tertiary/aromatic N) is 1. The molecule has 3 nitrogen and oxygen atoms in total. The van der Waals surface area contributed by atoms with Crippen molar-refractivity contribution in [2.75, 3.05) is 0 Å². The van der Waals surface area contributed by atoms with Crippen LogP contribution in [-0.4, -0.2) is 10.9 Å². The van der Waals surface area contributed by atoms with Crippen molar-refractivity contribution >= 4 is 39.9 Å². The van der Waals surface area contributed by atoms with E-state index >= 15 is 0 Å². The van der Waals surface area contributed by atoms with Crippen LogP contribution in [0.5, 0.6) is 0 Å². The molecule has 0 saturated carbocycles. The molecule has 0 aromatic carbocycles. The normalized spacial score (nSPS) is 12.5. The monoisotopic (exact) mass is 348 g/mol. The zero-order valence-corrected chi connectivity index (χ0v) is 14.7. The van der Waals surface area contributed by atoms with Gasteiger partial charge in [0, 0.05) is 21.2 Å². The van der Waals surface area contributed by atoms with E-state index in [1.807, 2.05) is 33.7 Å². The Balaban J connectivity index is 1.76. The van der Waals surface area contributed by atoms with Gasteiger partial charge in [0.2, 0.25) is 0 Å². The molecule has 0 aliphatic heterocycles. The van der Waals surface area contributed by atoms with E-state index < -0.39 is 0 Å². The largest absolute Gasteiger partial charge is 0.343 e. The lowest BCUT2D eigenvalue weighted by Gasteiger charge is -2.20. The van der Waals surface area contributed by atoms with Gasteiger partial charge in [0.1, 0.15) is 10.7 Å². The molecule has 0 radical (unpaired) electrons. The summed E-state index contributed by atoms with van der Waals surface area (Å²) in [5.74, 6) is 0.224. The summed E-state index contributed by atoms with van der Waals surface area (Å²) in [5, 5.41) is 11.9. The van der Waals surface area contributed by atoms with Crippen molar-refractivity contribution in [3.63, 3.8) is 0 Å². The summed E-state index contributed by atoms with van der Waals surface area (Å²) in [6.07, 6.45) is 0. The van der Waals surface area contributed by atoms with Crippen LogP contribution in [0.4, 0.5) is 0 Å². The van der Waals surface area contributed by atoms with Crippen molar-refractivity contribution in [3.05, 3.63) is 50.3 Å². The number of hydrogen-bond acceptors (Lipinski definition) is 5. The summed E-state index contributed by atoms with van der Waals surface area (Å²) in [6.45, 7) is 4.23. The van der Waals surface area contributed by atoms with Crippen LogP contribution < -0.4 is 5.32 Å². The SMILES string of the molecule is CC(C)[C@@H](NC(=O)c1csc(-c2ccsc2)n1)c1cccs1. The topological polar surface area (TPSA) is 42.0 Å². The van der Waals surface area contributed by atoms with E-state index in [2.05, 4.69) is 30.2 Å². The van der Waals surface area contributed by atoms with Gasteiger partial charge >= 0.3 is 0 Å². The highest BCUT2D eigenvalue weighted by atomic mass is 32.1. The number of nitrogens with one attached hydrogen (secondary N) is 1. The molecule has 114 valence electrons. The van der Waals surface area contributed by atoms with Crippen LogP contribution in [0.3, 0.4) is 0 Å². The number of carbonyl (C=O) groups excluding carboxylic acids is 1. The van der Waals surface area contributed by atoms with Gasteiger partial charge in [-0.15, -0.1) is 22.7 Å². The molecule has 0 unspecified atom stereocenters. The van der Waals surface area contributed by atoms with Gasteiger partial charge < -0.3 is 5.32 Å². The lowest BCUT2D eigenvalue weighted by Crippen LogP contribution is -2.31. The molecule has 0 saturated heterocycles. The van der Waals surface area contributed by atoms with Gasteiger partial charge in [-0.05, 0) is 28.8 Å². The Morgan fingerprint density at radius 1 is 1.18 bits per heavy atom. The third kappa shape index (κ3) is 3.29. The minimum absolute atomic E-state index is 0.0267. The molecule has 1 N–H and O–H groups in total. The average molecular weight is 349 g/mol. The molecule has 22 heavy (non-hydrogen) atoms. The first-order valence-electron chi connectivity index (χ1n) is 6.97. The maximum Gasteiger partial charge on any atom is 0.271 e. The van der Waals surface area contributed by atoms with Gasteiger partial charge in [0.25, 0.3) is 5.91 Å². The van der Waals surface area contributed by atoms with E-state index in [0.717, 1.165) is 10.6 Å². The molecule has 0 spiro atoms. The maximum atomic E-state index is 12.5. The van der Waals surface area contributed by atoms with E-state index in [4.69, 9.17) is 0 Å². The van der Waals surface area contributed by atoms with Gasteiger partial charge in [0.05, 0.1) is 6.04 Å². The van der Waals surface area contributed by atoms with E-state index in [0.29, 0.717) is 11.6 Å². The fourth-order valence-corrected chi connectivity index (χ4v) is 4.61. The van der Waals surface area contributed by atoms with Crippen LogP contribution in [-0.2, 0) is 0 Å². The summed E-state index contributed by atoms with van der Waals surface area (Å²) < 4.78 is 0. The fourth-order valence-electron chi connectivity index (χ4n) is 2.15. The van der Waals surface area contributed by atoms with Gasteiger partial charge in [0.15, 0.2) is 0 Å². The second kappa shape index (κ2) is 6.73. The first-order valence-corrected chi connectivity index (χ1v) is 9.67. The Morgan fingerprint density at radius 2 is 2.05 bits per heavy atom. The van der Waals surface area contributed by atoms with E-state index in [1.54, 1.807) is 22.7 Å². The number of carbonyl (C=O) groups is 1. The van der Waals surface area contributed by atoms with Crippen LogP contribution in [0.1, 0.15) is 35.3 Å². The molecule has 3 aromatic rings. The first kappa shape index (κ1) is 15.4. The van der Waals surface area contributed by atoms with Crippen molar-refractivity contribution < 1.29 is 4.79 Å². The number of thiazole rings is 1. The number of aromatic nitrogens is 1. The van der Waals surface area contributed by atoms with Crippen LogP contribution >= 0.6 is 34.0 Å². The lowest BCUT2D eigenvalue weighted by molar-refractivity contribution is 0.0922. The van der Waals surface area contributed by atoms with E-state index in [9.17, 15) is 4.79 Å². The van der Waals surface area contributed by atoms with Crippen molar-refractivity contribution in [3.8, 4) is 10.6 Å². The van der Waals surface area contributed by atoms with Gasteiger partial charge in [-0.2, -0.15) is 11.3 Å². The van der Waals surface area contributed by atoms with Gasteiger partial charge in [-0.1, -0.05) is 19.9 Å². The molecule has 1 atom stereocenters. The number of hydrogen-bond donors (Lipinski definition) is 1. The molecule has 0 bridgehead atoms. The predicted molar refractivity (Wildman–Crippen MR) is 94.8 cm³/mol. The fraction of sp³-hybridized carbons (Fsp3) is 0.250. The third-order valence-electron chi connectivity index (χ3n) is 3.31. The maximum absolute atomic E-state index is 12.5. The number of thiophene rings is 2. The van der Waals surface area contributed by atoms with E-state index in [1.165, 1.54) is 16.2 Å². The molecule has 1 amide bonds. The lowest BCUT2D eigenvalue weighted by atomic mass is 10.0. The Kier molecular flexibility index (Phi) is 4.71. The molecule has 3 rings (SSSR count). The third-order valence-corrected chi connectivity index (χ3v) is 5.84. The minimum Gasteiger partial charge on any atom is -0.343 e. The Morgan fingerprint density at radius 3 is 2.68 bits per heavy atom. The van der Waals surface area contributed by atoms with Crippen LogP contribution in [0.15, 0.2) is 39.7 Å². The van der Waals surface area contributed by atoms with Gasteiger partial charge in [-0.3, -0.25) is 4.79 Å². The summed E-state index contributed by atoms with van der Waals surface area (Å²) in [4.78, 5) is 18.1. The number of amides is 1. The van der Waals surface area contributed by atoms with E-state index in [-0.39, 0.29) is 11.9 Å². The first-order chi connectivity index (χ1) is 10.6. The number of rotatable bonds is 5. The Hall–Kier alpha value is -1.50. The molecule has 3 aromatic heterocycles. The van der Waals surface area contributed by atoms with Crippen molar-refractivity contribution in [2.24, 2.45) is 5.92 Å². The Labute approximate surface area is 141 Å². The predicted octanol–water partition coefficient (Wildman–Crippen LogP) is 5.06. The minimum atomic E-state index is -0.107. The summed E-state index contributed by atoms with van der Waals surface area (Å²) in [5.41, 5.74) is 1.57. The standard InChI is InChI=1S/C16H16N2OS3/c1-10(2)14(13-4-3-6-21-13)18-15(19)12-9-22-16(17-12)11-5-7-20-8-11/h3-10,14H,1-2H3,(H,18,19)/t14-/m1/s1. The molecular weight excluding hydrogens is 332 g/mol. The molecule has 0 aliphatic carbocycles. The zero-order chi connectivity index (χ0) is 15.5. The highest BCUT2D eigenvalue weighted by molar-refractivity contribution is 7.14. The highest BCUT2D eigenvalue weighted by Gasteiger charge is 2.21. The summed E-state index contributed by atoms with van der Waals surface area (Å²) in [6, 6.07) is 6.12. The average Bonchev–Trinajstić information content (AvgIpc) is 3.25. The highest BCUT2D eigenvalue weighted by Crippen LogP contribution is 2.28. The van der Waals surface area contributed by atoms with Crippen molar-refractivity contribution in [1.82, 2.24) is 10.3 Å². The quantitative estimate of drug-likeness (QED) is 0.700. The second-order valence-corrected chi connectivity index (χ2v) is 7.88. The molecular formula is C16H16N2OS3. The Bertz CT molecular complexity index is 729. The zero-order valence-electron chi connectivity index (χ0n) is 12.3. The molecule has 0 aliphatic rings. The van der Waals surface area contributed by atoms with Gasteiger partial charge in [-0.25, -0.2) is 4.98 Å². The van der Waals surface area contributed by atoms with Crippen LogP contribution in [0.2, 0.25) is 0 Å². The van der Waals surface area contributed by atoms with Crippen molar-refractivity contribution in [2.45, 2.75) is 19.9 Å². The summed E-state index contributed by atoms with van der Waals surface area (Å²) >= 11 is 4.81. The smallest absolute Gasteiger partial charge is 0.271 e. The van der Waals surface area contributed by atoms with Crippen LogP contribution in [0, 0.1) is 5.92 Å². The molecule has 0 fully saturated rings.